The molecule has 3 aliphatic rings. The van der Waals surface area contributed by atoms with Crippen LogP contribution in [0.1, 0.15) is 50.2 Å². The van der Waals surface area contributed by atoms with Gasteiger partial charge in [-0.2, -0.15) is 0 Å². The summed E-state index contributed by atoms with van der Waals surface area (Å²) in [6, 6.07) is 6.47. The maximum atomic E-state index is 12.8. The van der Waals surface area contributed by atoms with Crippen LogP contribution in [-0.2, 0) is 10.2 Å². The molecule has 4 rings (SSSR count). The topological polar surface area (TPSA) is 49.8 Å². The smallest absolute Gasteiger partial charge is 0.226 e. The summed E-state index contributed by atoms with van der Waals surface area (Å²) < 4.78 is 5.84. The molecule has 1 aromatic carbocycles. The van der Waals surface area contributed by atoms with Crippen LogP contribution in [0.4, 0.5) is 0 Å². The highest BCUT2D eigenvalue weighted by molar-refractivity contribution is 5.85. The van der Waals surface area contributed by atoms with Gasteiger partial charge < -0.3 is 14.7 Å². The standard InChI is InChI=1S/C19H25NO3/c1-12(2)13-3-4-17-15(9-13)19(6-8-23-17)10-16(19)18(22)20-7-5-14(21)11-20/h3-4,9,12,14,16,21H,5-8,10-11H2,1-2H3/t14-,16-,19-/m0/s1. The Labute approximate surface area is 137 Å². The fraction of sp³-hybridized carbons (Fsp3) is 0.632. The summed E-state index contributed by atoms with van der Waals surface area (Å²) in [6.45, 7) is 6.28. The number of amides is 1. The molecule has 0 aromatic heterocycles. The van der Waals surface area contributed by atoms with E-state index in [0.717, 1.165) is 18.6 Å². The molecule has 0 radical (unpaired) electrons. The van der Waals surface area contributed by atoms with Crippen molar-refractivity contribution in [2.75, 3.05) is 19.7 Å². The summed E-state index contributed by atoms with van der Waals surface area (Å²) in [5.74, 6) is 1.72. The highest BCUT2D eigenvalue weighted by Crippen LogP contribution is 2.61. The number of β-amino-alcohol motifs (C(OH)–C–C–N with tert-alkyl or cyclic N) is 1. The Bertz CT molecular complexity index is 642. The molecular formula is C19H25NO3. The predicted octanol–water partition coefficient (Wildman–Crippen LogP) is 2.44. The summed E-state index contributed by atoms with van der Waals surface area (Å²) in [5.41, 5.74) is 2.51. The number of ether oxygens (including phenoxy) is 1. The number of nitrogens with zero attached hydrogens (tertiary/aromatic N) is 1. The number of fused-ring (bicyclic) bond motifs is 2. The number of rotatable bonds is 2. The quantitative estimate of drug-likeness (QED) is 0.912. The first-order chi connectivity index (χ1) is 11.0. The minimum Gasteiger partial charge on any atom is -0.493 e. The zero-order chi connectivity index (χ0) is 16.2. The lowest BCUT2D eigenvalue weighted by atomic mass is 9.85. The van der Waals surface area contributed by atoms with Gasteiger partial charge in [-0.3, -0.25) is 4.79 Å². The van der Waals surface area contributed by atoms with E-state index in [2.05, 4.69) is 32.0 Å². The molecule has 1 N–H and O–H groups in total. The Morgan fingerprint density at radius 2 is 2.26 bits per heavy atom. The van der Waals surface area contributed by atoms with Crippen molar-refractivity contribution < 1.29 is 14.6 Å². The SMILES string of the molecule is CC(C)c1ccc2c(c1)[C@]1(CCO2)C[C@H]1C(=O)N1CC[C@H](O)C1. The van der Waals surface area contributed by atoms with Gasteiger partial charge in [0.2, 0.25) is 5.91 Å². The van der Waals surface area contributed by atoms with Gasteiger partial charge >= 0.3 is 0 Å². The van der Waals surface area contributed by atoms with Gasteiger partial charge in [0.25, 0.3) is 0 Å². The Hall–Kier alpha value is -1.55. The van der Waals surface area contributed by atoms with E-state index < -0.39 is 0 Å². The maximum absolute atomic E-state index is 12.8. The van der Waals surface area contributed by atoms with Crippen LogP contribution >= 0.6 is 0 Å². The molecule has 4 nitrogen and oxygen atoms in total. The van der Waals surface area contributed by atoms with Crippen LogP contribution in [0, 0.1) is 5.92 Å². The zero-order valence-electron chi connectivity index (χ0n) is 13.9. The highest BCUT2D eigenvalue weighted by atomic mass is 16.5. The molecular weight excluding hydrogens is 290 g/mol. The number of carbonyl (C=O) groups is 1. The molecule has 1 spiro atoms. The van der Waals surface area contributed by atoms with Crippen LogP contribution in [0.3, 0.4) is 0 Å². The van der Waals surface area contributed by atoms with Crippen LogP contribution in [-0.4, -0.2) is 41.7 Å². The lowest BCUT2D eigenvalue weighted by Crippen LogP contribution is -2.34. The van der Waals surface area contributed by atoms with E-state index in [0.29, 0.717) is 32.0 Å². The molecule has 4 heteroatoms. The minimum absolute atomic E-state index is 0.0247. The Morgan fingerprint density at radius 1 is 1.43 bits per heavy atom. The Morgan fingerprint density at radius 3 is 2.96 bits per heavy atom. The second-order valence-corrected chi connectivity index (χ2v) is 7.65. The van der Waals surface area contributed by atoms with E-state index in [1.165, 1.54) is 11.1 Å². The third-order valence-electron chi connectivity index (χ3n) is 5.86. The minimum atomic E-state index is -0.344. The first-order valence-electron chi connectivity index (χ1n) is 8.75. The van der Waals surface area contributed by atoms with E-state index in [9.17, 15) is 9.90 Å². The van der Waals surface area contributed by atoms with Crippen LogP contribution in [0.15, 0.2) is 18.2 Å². The number of hydrogen-bond donors (Lipinski definition) is 1. The number of hydrogen-bond acceptors (Lipinski definition) is 3. The van der Waals surface area contributed by atoms with E-state index in [1.807, 2.05) is 4.90 Å². The van der Waals surface area contributed by atoms with Gasteiger partial charge in [-0.15, -0.1) is 0 Å². The van der Waals surface area contributed by atoms with E-state index >= 15 is 0 Å². The van der Waals surface area contributed by atoms with Crippen molar-refractivity contribution in [3.63, 3.8) is 0 Å². The lowest BCUT2D eigenvalue weighted by molar-refractivity contribution is -0.132. The van der Waals surface area contributed by atoms with Crippen molar-refractivity contribution in [3.05, 3.63) is 29.3 Å². The largest absolute Gasteiger partial charge is 0.493 e. The first-order valence-corrected chi connectivity index (χ1v) is 8.75. The molecule has 1 aromatic rings. The predicted molar refractivity (Wildman–Crippen MR) is 87.6 cm³/mol. The molecule has 23 heavy (non-hydrogen) atoms. The van der Waals surface area contributed by atoms with Crippen molar-refractivity contribution in [1.82, 2.24) is 4.90 Å². The van der Waals surface area contributed by atoms with Crippen LogP contribution in [0.25, 0.3) is 0 Å². The van der Waals surface area contributed by atoms with Gasteiger partial charge in [-0.05, 0) is 36.8 Å². The van der Waals surface area contributed by atoms with Crippen molar-refractivity contribution in [2.45, 2.75) is 50.5 Å². The fourth-order valence-corrected chi connectivity index (χ4v) is 4.26. The van der Waals surface area contributed by atoms with Gasteiger partial charge in [-0.25, -0.2) is 0 Å². The highest BCUT2D eigenvalue weighted by Gasteiger charge is 2.62. The average molecular weight is 315 g/mol. The van der Waals surface area contributed by atoms with Crippen LogP contribution in [0.5, 0.6) is 5.75 Å². The monoisotopic (exact) mass is 315 g/mol. The van der Waals surface area contributed by atoms with E-state index in [1.54, 1.807) is 0 Å². The number of aliphatic hydroxyl groups excluding tert-OH is 1. The molecule has 2 heterocycles. The van der Waals surface area contributed by atoms with E-state index in [-0.39, 0.29) is 23.3 Å². The Kier molecular flexibility index (Phi) is 3.41. The molecule has 124 valence electrons. The Balaban J connectivity index is 1.62. The third kappa shape index (κ3) is 2.35. The van der Waals surface area contributed by atoms with Gasteiger partial charge in [0.1, 0.15) is 5.75 Å². The second kappa shape index (κ2) is 5.23. The summed E-state index contributed by atoms with van der Waals surface area (Å²) in [4.78, 5) is 14.7. The van der Waals surface area contributed by atoms with Crippen LogP contribution < -0.4 is 4.74 Å². The molecule has 2 fully saturated rings. The fourth-order valence-electron chi connectivity index (χ4n) is 4.26. The molecule has 0 unspecified atom stereocenters. The molecule has 0 bridgehead atoms. The van der Waals surface area contributed by atoms with Crippen molar-refractivity contribution in [2.24, 2.45) is 5.92 Å². The van der Waals surface area contributed by atoms with Gasteiger partial charge in [0.05, 0.1) is 12.7 Å². The normalized spacial score (nSPS) is 32.1. The number of benzene rings is 1. The number of aliphatic hydroxyl groups is 1. The second-order valence-electron chi connectivity index (χ2n) is 7.65. The molecule has 2 aliphatic heterocycles. The molecule has 3 atom stereocenters. The summed E-state index contributed by atoms with van der Waals surface area (Å²) in [7, 11) is 0. The van der Waals surface area contributed by atoms with Crippen molar-refractivity contribution in [3.8, 4) is 5.75 Å². The maximum Gasteiger partial charge on any atom is 0.226 e. The van der Waals surface area contributed by atoms with Gasteiger partial charge in [0, 0.05) is 30.0 Å². The van der Waals surface area contributed by atoms with E-state index in [4.69, 9.17) is 4.74 Å². The first kappa shape index (κ1) is 15.0. The molecule has 1 saturated carbocycles. The molecule has 1 aliphatic carbocycles. The van der Waals surface area contributed by atoms with Gasteiger partial charge in [-0.1, -0.05) is 26.0 Å². The number of likely N-dealkylation sites (tertiary alicyclic amines) is 1. The summed E-state index contributed by atoms with van der Waals surface area (Å²) in [5, 5.41) is 9.69. The van der Waals surface area contributed by atoms with Crippen LogP contribution in [0.2, 0.25) is 0 Å². The van der Waals surface area contributed by atoms with Crippen molar-refractivity contribution >= 4 is 5.91 Å². The third-order valence-corrected chi connectivity index (χ3v) is 5.86. The lowest BCUT2D eigenvalue weighted by Gasteiger charge is -2.28. The average Bonchev–Trinajstić information content (AvgIpc) is 3.08. The van der Waals surface area contributed by atoms with Crippen molar-refractivity contribution in [1.29, 1.82) is 0 Å². The zero-order valence-corrected chi connectivity index (χ0v) is 13.9. The molecule has 1 amide bonds. The summed E-state index contributed by atoms with van der Waals surface area (Å²) >= 11 is 0. The molecule has 1 saturated heterocycles. The summed E-state index contributed by atoms with van der Waals surface area (Å²) in [6.07, 6.45) is 2.22. The number of carbonyl (C=O) groups excluding carboxylic acids is 1. The van der Waals surface area contributed by atoms with Gasteiger partial charge in [0.15, 0.2) is 0 Å².